The summed E-state index contributed by atoms with van der Waals surface area (Å²) in [6, 6.07) is 22.4. The van der Waals surface area contributed by atoms with Crippen LogP contribution in [-0.2, 0) is 12.0 Å². The second-order valence-corrected chi connectivity index (χ2v) is 7.08. The summed E-state index contributed by atoms with van der Waals surface area (Å²) in [5, 5.41) is 10.8. The van der Waals surface area contributed by atoms with Gasteiger partial charge in [0.1, 0.15) is 5.69 Å². The smallest absolute Gasteiger partial charge is 0.191 e. The fraction of sp³-hybridized carbons (Fsp3) is 0.273. The molecular formula is C22H26N4O. The number of hydrogen-bond donors (Lipinski definition) is 2. The molecule has 0 aliphatic heterocycles. The molecule has 140 valence electrons. The number of rotatable bonds is 6. The van der Waals surface area contributed by atoms with E-state index in [1.807, 2.05) is 42.5 Å². The first-order valence-corrected chi connectivity index (χ1v) is 9.09. The molecule has 0 aliphatic rings. The maximum atomic E-state index is 5.44. The molecule has 3 aromatic rings. The molecule has 0 unspecified atom stereocenters. The minimum atomic E-state index is -0.00670. The lowest BCUT2D eigenvalue weighted by atomic mass is 9.85. The zero-order valence-electron chi connectivity index (χ0n) is 16.1. The minimum Gasteiger partial charge on any atom is -0.356 e. The van der Waals surface area contributed by atoms with Crippen LogP contribution < -0.4 is 10.6 Å². The molecular weight excluding hydrogens is 336 g/mol. The Morgan fingerprint density at radius 3 is 2.33 bits per heavy atom. The van der Waals surface area contributed by atoms with E-state index in [0.29, 0.717) is 6.54 Å². The Labute approximate surface area is 160 Å². The molecule has 27 heavy (non-hydrogen) atoms. The van der Waals surface area contributed by atoms with Crippen molar-refractivity contribution in [3.63, 3.8) is 0 Å². The van der Waals surface area contributed by atoms with Crippen LogP contribution in [0.3, 0.4) is 0 Å². The Bertz CT molecular complexity index is 870. The normalized spacial score (nSPS) is 12.0. The molecule has 0 saturated carbocycles. The van der Waals surface area contributed by atoms with Gasteiger partial charge < -0.3 is 15.2 Å². The third-order valence-electron chi connectivity index (χ3n) is 4.53. The Kier molecular flexibility index (Phi) is 5.91. The van der Waals surface area contributed by atoms with E-state index in [-0.39, 0.29) is 5.41 Å². The lowest BCUT2D eigenvalue weighted by Crippen LogP contribution is -2.43. The van der Waals surface area contributed by atoms with E-state index in [1.54, 1.807) is 7.05 Å². The molecule has 2 N–H and O–H groups in total. The second-order valence-electron chi connectivity index (χ2n) is 7.08. The molecule has 0 atom stereocenters. The van der Waals surface area contributed by atoms with Crippen LogP contribution >= 0.6 is 0 Å². The third kappa shape index (κ3) is 4.97. The van der Waals surface area contributed by atoms with Crippen LogP contribution in [0.2, 0.25) is 0 Å². The fourth-order valence-electron chi connectivity index (χ4n) is 2.82. The molecule has 0 fully saturated rings. The molecule has 0 bridgehead atoms. The molecule has 5 heteroatoms. The highest BCUT2D eigenvalue weighted by molar-refractivity contribution is 5.79. The van der Waals surface area contributed by atoms with Gasteiger partial charge in [0.25, 0.3) is 0 Å². The van der Waals surface area contributed by atoms with Gasteiger partial charge in [0.15, 0.2) is 11.7 Å². The number of aromatic nitrogens is 1. The number of nitrogens with one attached hydrogen (secondary N) is 2. The average molecular weight is 362 g/mol. The van der Waals surface area contributed by atoms with E-state index in [2.05, 4.69) is 58.9 Å². The largest absolute Gasteiger partial charge is 0.356 e. The summed E-state index contributed by atoms with van der Waals surface area (Å²) in [6.45, 7) is 5.74. The second kappa shape index (κ2) is 8.54. The highest BCUT2D eigenvalue weighted by atomic mass is 16.5. The van der Waals surface area contributed by atoms with Crippen molar-refractivity contribution < 1.29 is 4.52 Å². The van der Waals surface area contributed by atoms with Crippen LogP contribution in [0.15, 0.2) is 76.2 Å². The Morgan fingerprint density at radius 1 is 1.00 bits per heavy atom. The standard InChI is InChI=1S/C22H26N4O/c1-22(2,18-12-8-5-9-13-18)16-25-21(23-3)24-15-19-14-20(27-26-19)17-10-6-4-7-11-17/h4-14H,15-16H2,1-3H3,(H2,23,24,25). The molecule has 5 nitrogen and oxygen atoms in total. The fourth-order valence-corrected chi connectivity index (χ4v) is 2.82. The minimum absolute atomic E-state index is 0.00670. The van der Waals surface area contributed by atoms with Gasteiger partial charge in [-0.2, -0.15) is 0 Å². The maximum absolute atomic E-state index is 5.44. The van der Waals surface area contributed by atoms with Crippen LogP contribution in [0.4, 0.5) is 0 Å². The van der Waals surface area contributed by atoms with Crippen molar-refractivity contribution in [2.24, 2.45) is 4.99 Å². The molecule has 0 saturated heterocycles. The van der Waals surface area contributed by atoms with Gasteiger partial charge in [-0.3, -0.25) is 4.99 Å². The first-order valence-electron chi connectivity index (χ1n) is 9.09. The molecule has 0 radical (unpaired) electrons. The quantitative estimate of drug-likeness (QED) is 0.514. The Hall–Kier alpha value is -3.08. The van der Waals surface area contributed by atoms with Gasteiger partial charge in [-0.05, 0) is 5.56 Å². The summed E-state index contributed by atoms with van der Waals surface area (Å²) < 4.78 is 5.44. The van der Waals surface area contributed by atoms with E-state index < -0.39 is 0 Å². The van der Waals surface area contributed by atoms with Crippen molar-refractivity contribution in [2.75, 3.05) is 13.6 Å². The van der Waals surface area contributed by atoms with Gasteiger partial charge in [-0.1, -0.05) is 79.7 Å². The number of aliphatic imine (C=N–C) groups is 1. The van der Waals surface area contributed by atoms with Crippen LogP contribution in [0.25, 0.3) is 11.3 Å². The van der Waals surface area contributed by atoms with E-state index in [1.165, 1.54) is 5.56 Å². The van der Waals surface area contributed by atoms with Gasteiger partial charge >= 0.3 is 0 Å². The predicted octanol–water partition coefficient (Wildman–Crippen LogP) is 3.98. The molecule has 3 rings (SSSR count). The SMILES string of the molecule is CN=C(NCc1cc(-c2ccccc2)on1)NCC(C)(C)c1ccccc1. The summed E-state index contributed by atoms with van der Waals surface area (Å²) in [5.74, 6) is 1.50. The Balaban J connectivity index is 1.55. The van der Waals surface area contributed by atoms with Crippen molar-refractivity contribution in [3.05, 3.63) is 78.0 Å². The molecule has 1 aromatic heterocycles. The lowest BCUT2D eigenvalue weighted by Gasteiger charge is -2.26. The number of guanidine groups is 1. The van der Waals surface area contributed by atoms with Crippen molar-refractivity contribution >= 4 is 5.96 Å². The van der Waals surface area contributed by atoms with Gasteiger partial charge in [0.2, 0.25) is 0 Å². The zero-order valence-corrected chi connectivity index (χ0v) is 16.1. The molecule has 2 aromatic carbocycles. The monoisotopic (exact) mass is 362 g/mol. The highest BCUT2D eigenvalue weighted by Gasteiger charge is 2.20. The van der Waals surface area contributed by atoms with Crippen LogP contribution in [0, 0.1) is 0 Å². The van der Waals surface area contributed by atoms with Gasteiger partial charge in [-0.25, -0.2) is 0 Å². The lowest BCUT2D eigenvalue weighted by molar-refractivity contribution is 0.422. The van der Waals surface area contributed by atoms with Gasteiger partial charge in [0, 0.05) is 30.6 Å². The summed E-state index contributed by atoms with van der Waals surface area (Å²) >= 11 is 0. The number of nitrogens with zero attached hydrogens (tertiary/aromatic N) is 2. The molecule has 0 spiro atoms. The topological polar surface area (TPSA) is 62.5 Å². The van der Waals surface area contributed by atoms with E-state index in [4.69, 9.17) is 4.52 Å². The summed E-state index contributed by atoms with van der Waals surface area (Å²) in [6.07, 6.45) is 0. The van der Waals surface area contributed by atoms with Gasteiger partial charge in [-0.15, -0.1) is 0 Å². The van der Waals surface area contributed by atoms with Gasteiger partial charge in [0.05, 0.1) is 6.54 Å². The highest BCUT2D eigenvalue weighted by Crippen LogP contribution is 2.22. The first-order chi connectivity index (χ1) is 13.1. The number of benzene rings is 2. The van der Waals surface area contributed by atoms with E-state index in [9.17, 15) is 0 Å². The van der Waals surface area contributed by atoms with Crippen molar-refractivity contribution in [1.82, 2.24) is 15.8 Å². The van der Waals surface area contributed by atoms with Crippen LogP contribution in [0.1, 0.15) is 25.1 Å². The molecule has 0 aliphatic carbocycles. The van der Waals surface area contributed by atoms with Crippen molar-refractivity contribution in [1.29, 1.82) is 0 Å². The Morgan fingerprint density at radius 2 is 1.67 bits per heavy atom. The summed E-state index contributed by atoms with van der Waals surface area (Å²) in [7, 11) is 1.77. The molecule has 1 heterocycles. The summed E-state index contributed by atoms with van der Waals surface area (Å²) in [4.78, 5) is 4.30. The average Bonchev–Trinajstić information content (AvgIpc) is 3.18. The zero-order chi connectivity index (χ0) is 19.1. The van der Waals surface area contributed by atoms with E-state index >= 15 is 0 Å². The van der Waals surface area contributed by atoms with Crippen LogP contribution in [0.5, 0.6) is 0 Å². The van der Waals surface area contributed by atoms with Crippen LogP contribution in [-0.4, -0.2) is 24.7 Å². The number of hydrogen-bond acceptors (Lipinski definition) is 3. The summed E-state index contributed by atoms with van der Waals surface area (Å²) in [5.41, 5.74) is 3.13. The van der Waals surface area contributed by atoms with Crippen molar-refractivity contribution in [2.45, 2.75) is 25.8 Å². The first kappa shape index (κ1) is 18.7. The maximum Gasteiger partial charge on any atom is 0.191 e. The molecule has 0 amide bonds. The predicted molar refractivity (Wildman–Crippen MR) is 110 cm³/mol. The van der Waals surface area contributed by atoms with E-state index in [0.717, 1.165) is 29.5 Å². The van der Waals surface area contributed by atoms with Crippen molar-refractivity contribution in [3.8, 4) is 11.3 Å². The third-order valence-corrected chi connectivity index (χ3v) is 4.53.